The maximum absolute atomic E-state index is 4.38. The lowest BCUT2D eigenvalue weighted by Crippen LogP contribution is -2.14. The number of hydrogen-bond donors (Lipinski definition) is 2. The molecule has 0 saturated heterocycles. The third kappa shape index (κ3) is 3.82. The summed E-state index contributed by atoms with van der Waals surface area (Å²) in [7, 11) is 1.91. The number of anilines is 2. The fourth-order valence-corrected chi connectivity index (χ4v) is 2.99. The summed E-state index contributed by atoms with van der Waals surface area (Å²) in [4.78, 5) is 8.64. The Balaban J connectivity index is 1.88. The summed E-state index contributed by atoms with van der Waals surface area (Å²) in [5, 5.41) is 6.63. The molecule has 1 aromatic rings. The van der Waals surface area contributed by atoms with Gasteiger partial charge in [0.15, 0.2) is 0 Å². The first-order chi connectivity index (χ1) is 9.35. The second kappa shape index (κ2) is 7.31. The monoisotopic (exact) mass is 262 g/mol. The van der Waals surface area contributed by atoms with Crippen molar-refractivity contribution < 1.29 is 0 Å². The van der Waals surface area contributed by atoms with Gasteiger partial charge in [-0.15, -0.1) is 0 Å². The number of hydrogen-bond acceptors (Lipinski definition) is 4. The first-order valence-corrected chi connectivity index (χ1v) is 7.60. The van der Waals surface area contributed by atoms with Crippen LogP contribution in [0.1, 0.15) is 51.0 Å². The summed E-state index contributed by atoms with van der Waals surface area (Å²) in [6, 6.07) is 0. The summed E-state index contributed by atoms with van der Waals surface area (Å²) in [6.45, 7) is 3.17. The van der Waals surface area contributed by atoms with Crippen molar-refractivity contribution in [1.29, 1.82) is 0 Å². The minimum Gasteiger partial charge on any atom is -0.373 e. The van der Waals surface area contributed by atoms with Crippen LogP contribution < -0.4 is 10.6 Å². The highest BCUT2D eigenvalue weighted by atomic mass is 15.1. The highest BCUT2D eigenvalue weighted by Gasteiger charge is 2.13. The van der Waals surface area contributed by atoms with E-state index in [1.807, 2.05) is 7.05 Å². The number of rotatable bonds is 6. The second-order valence-electron chi connectivity index (χ2n) is 5.37. The van der Waals surface area contributed by atoms with Gasteiger partial charge in [-0.2, -0.15) is 0 Å². The van der Waals surface area contributed by atoms with E-state index in [0.29, 0.717) is 0 Å². The maximum atomic E-state index is 4.38. The normalized spacial score (nSPS) is 16.3. The standard InChI is InChI=1S/C15H26N4/c1-3-13-14(16-2)18-11-19-15(13)17-10-9-12-7-5-4-6-8-12/h11-12H,3-10H2,1-2H3,(H2,16,17,18,19). The molecule has 106 valence electrons. The lowest BCUT2D eigenvalue weighted by atomic mass is 9.87. The predicted octanol–water partition coefficient (Wildman–Crippen LogP) is 3.46. The van der Waals surface area contributed by atoms with Crippen LogP contribution in [0.3, 0.4) is 0 Å². The van der Waals surface area contributed by atoms with Gasteiger partial charge in [0.1, 0.15) is 18.0 Å². The summed E-state index contributed by atoms with van der Waals surface area (Å²) in [5.74, 6) is 2.85. The van der Waals surface area contributed by atoms with Gasteiger partial charge in [0.2, 0.25) is 0 Å². The topological polar surface area (TPSA) is 49.8 Å². The Bertz CT molecular complexity index is 386. The molecule has 0 radical (unpaired) electrons. The van der Waals surface area contributed by atoms with Gasteiger partial charge in [-0.05, 0) is 18.8 Å². The second-order valence-corrected chi connectivity index (χ2v) is 5.37. The van der Waals surface area contributed by atoms with E-state index in [4.69, 9.17) is 0 Å². The van der Waals surface area contributed by atoms with Crippen LogP contribution in [0.2, 0.25) is 0 Å². The Kier molecular flexibility index (Phi) is 5.43. The van der Waals surface area contributed by atoms with Gasteiger partial charge in [0.05, 0.1) is 0 Å². The quantitative estimate of drug-likeness (QED) is 0.824. The molecule has 0 aromatic carbocycles. The molecule has 19 heavy (non-hydrogen) atoms. The molecule has 2 rings (SSSR count). The van der Waals surface area contributed by atoms with E-state index in [-0.39, 0.29) is 0 Å². The fraction of sp³-hybridized carbons (Fsp3) is 0.733. The minimum absolute atomic E-state index is 0.914. The SMILES string of the molecule is CCc1c(NC)ncnc1NCCC1CCCCC1. The van der Waals surface area contributed by atoms with E-state index >= 15 is 0 Å². The zero-order chi connectivity index (χ0) is 13.5. The van der Waals surface area contributed by atoms with Crippen LogP contribution in [0.15, 0.2) is 6.33 Å². The van der Waals surface area contributed by atoms with Gasteiger partial charge in [-0.3, -0.25) is 0 Å². The molecule has 0 aliphatic heterocycles. The Hall–Kier alpha value is -1.32. The van der Waals surface area contributed by atoms with Gasteiger partial charge >= 0.3 is 0 Å². The van der Waals surface area contributed by atoms with Gasteiger partial charge in [0, 0.05) is 19.2 Å². The van der Waals surface area contributed by atoms with Crippen LogP contribution in [0.25, 0.3) is 0 Å². The van der Waals surface area contributed by atoms with Crippen molar-refractivity contribution in [3.05, 3.63) is 11.9 Å². The van der Waals surface area contributed by atoms with Gasteiger partial charge in [-0.1, -0.05) is 39.0 Å². The molecule has 1 saturated carbocycles. The molecule has 2 N–H and O–H groups in total. The van der Waals surface area contributed by atoms with Crippen LogP contribution in [-0.2, 0) is 6.42 Å². The summed E-state index contributed by atoms with van der Waals surface area (Å²) >= 11 is 0. The van der Waals surface area contributed by atoms with E-state index in [9.17, 15) is 0 Å². The van der Waals surface area contributed by atoms with Crippen LogP contribution in [0, 0.1) is 5.92 Å². The zero-order valence-corrected chi connectivity index (χ0v) is 12.2. The fourth-order valence-electron chi connectivity index (χ4n) is 2.99. The predicted molar refractivity (Wildman–Crippen MR) is 80.6 cm³/mol. The van der Waals surface area contributed by atoms with E-state index in [1.165, 1.54) is 44.1 Å². The van der Waals surface area contributed by atoms with Crippen molar-refractivity contribution >= 4 is 11.6 Å². The van der Waals surface area contributed by atoms with Crippen molar-refractivity contribution in [3.8, 4) is 0 Å². The molecule has 0 atom stereocenters. The molecular formula is C15H26N4. The largest absolute Gasteiger partial charge is 0.373 e. The van der Waals surface area contributed by atoms with Crippen LogP contribution in [-0.4, -0.2) is 23.6 Å². The molecular weight excluding hydrogens is 236 g/mol. The van der Waals surface area contributed by atoms with E-state index in [2.05, 4.69) is 27.5 Å². The van der Waals surface area contributed by atoms with Crippen molar-refractivity contribution in [2.75, 3.05) is 24.2 Å². The summed E-state index contributed by atoms with van der Waals surface area (Å²) in [5.41, 5.74) is 1.19. The molecule has 4 heteroatoms. The average molecular weight is 262 g/mol. The lowest BCUT2D eigenvalue weighted by Gasteiger charge is -2.22. The van der Waals surface area contributed by atoms with Gasteiger partial charge < -0.3 is 10.6 Å². The Morgan fingerprint density at radius 3 is 2.58 bits per heavy atom. The van der Waals surface area contributed by atoms with Crippen molar-refractivity contribution in [1.82, 2.24) is 9.97 Å². The smallest absolute Gasteiger partial charge is 0.134 e. The lowest BCUT2D eigenvalue weighted by molar-refractivity contribution is 0.345. The molecule has 4 nitrogen and oxygen atoms in total. The molecule has 0 amide bonds. The molecule has 1 aliphatic rings. The van der Waals surface area contributed by atoms with Gasteiger partial charge in [0.25, 0.3) is 0 Å². The van der Waals surface area contributed by atoms with Crippen molar-refractivity contribution in [2.45, 2.75) is 51.9 Å². The minimum atomic E-state index is 0.914. The molecule has 0 unspecified atom stereocenters. The van der Waals surface area contributed by atoms with E-state index < -0.39 is 0 Å². The van der Waals surface area contributed by atoms with Crippen molar-refractivity contribution in [2.24, 2.45) is 5.92 Å². The molecule has 1 aliphatic carbocycles. The maximum Gasteiger partial charge on any atom is 0.134 e. The third-order valence-corrected chi connectivity index (χ3v) is 4.11. The van der Waals surface area contributed by atoms with Crippen LogP contribution in [0.4, 0.5) is 11.6 Å². The summed E-state index contributed by atoms with van der Waals surface area (Å²) in [6.07, 6.45) is 10.9. The molecule has 1 heterocycles. The number of aromatic nitrogens is 2. The van der Waals surface area contributed by atoms with Crippen LogP contribution >= 0.6 is 0 Å². The first-order valence-electron chi connectivity index (χ1n) is 7.60. The first kappa shape index (κ1) is 14.1. The van der Waals surface area contributed by atoms with Gasteiger partial charge in [-0.25, -0.2) is 9.97 Å². The number of nitrogens with zero attached hydrogens (tertiary/aromatic N) is 2. The van der Waals surface area contributed by atoms with E-state index in [0.717, 1.165) is 30.5 Å². The number of nitrogens with one attached hydrogen (secondary N) is 2. The van der Waals surface area contributed by atoms with Crippen molar-refractivity contribution in [3.63, 3.8) is 0 Å². The highest BCUT2D eigenvalue weighted by molar-refractivity contribution is 5.56. The Morgan fingerprint density at radius 2 is 1.89 bits per heavy atom. The van der Waals surface area contributed by atoms with E-state index in [1.54, 1.807) is 6.33 Å². The molecule has 1 aromatic heterocycles. The highest BCUT2D eigenvalue weighted by Crippen LogP contribution is 2.26. The average Bonchev–Trinajstić information content (AvgIpc) is 2.48. The third-order valence-electron chi connectivity index (χ3n) is 4.11. The molecule has 0 spiro atoms. The zero-order valence-electron chi connectivity index (χ0n) is 12.2. The Labute approximate surface area is 116 Å². The van der Waals surface area contributed by atoms with Crippen LogP contribution in [0.5, 0.6) is 0 Å². The molecule has 1 fully saturated rings. The summed E-state index contributed by atoms with van der Waals surface area (Å²) < 4.78 is 0. The Morgan fingerprint density at radius 1 is 1.16 bits per heavy atom. The molecule has 0 bridgehead atoms.